The molecule has 0 spiro atoms. The predicted octanol–water partition coefficient (Wildman–Crippen LogP) is 3.31. The zero-order valence-corrected chi connectivity index (χ0v) is 14.3. The van der Waals surface area contributed by atoms with E-state index >= 15 is 0 Å². The molecule has 2 fully saturated rings. The Kier molecular flexibility index (Phi) is 3.93. The van der Waals surface area contributed by atoms with E-state index in [1.165, 1.54) is 49.7 Å². The van der Waals surface area contributed by atoms with E-state index in [0.717, 1.165) is 36.3 Å². The minimum atomic E-state index is 0.789. The second kappa shape index (κ2) is 6.08. The van der Waals surface area contributed by atoms with Crippen molar-refractivity contribution in [1.82, 2.24) is 14.9 Å². The van der Waals surface area contributed by atoms with Crippen LogP contribution in [0.25, 0.3) is 11.0 Å². The van der Waals surface area contributed by atoms with Gasteiger partial charge in [-0.15, -0.1) is 0 Å². The van der Waals surface area contributed by atoms with E-state index in [1.807, 2.05) is 6.92 Å². The second-order valence-electron chi connectivity index (χ2n) is 7.08. The highest BCUT2D eigenvalue weighted by Gasteiger charge is 2.26. The highest BCUT2D eigenvalue weighted by molar-refractivity contribution is 5.80. The molecule has 2 aromatic rings. The number of rotatable bonds is 2. The van der Waals surface area contributed by atoms with E-state index in [2.05, 4.69) is 39.9 Å². The smallest absolute Gasteiger partial charge is 0.162 e. The fourth-order valence-electron chi connectivity index (χ4n) is 4.16. The normalized spacial score (nSPS) is 20.5. The van der Waals surface area contributed by atoms with Crippen molar-refractivity contribution in [3.63, 3.8) is 0 Å². The third kappa shape index (κ3) is 2.92. The van der Waals surface area contributed by atoms with Gasteiger partial charge in [0, 0.05) is 30.2 Å². The van der Waals surface area contributed by atoms with E-state index in [1.54, 1.807) is 0 Å². The first-order valence-electron chi connectivity index (χ1n) is 8.95. The number of hydrogen-bond donors (Lipinski definition) is 0. The monoisotopic (exact) mass is 310 g/mol. The highest BCUT2D eigenvalue weighted by atomic mass is 15.2. The summed E-state index contributed by atoms with van der Waals surface area (Å²) in [4.78, 5) is 14.6. The third-order valence-corrected chi connectivity index (χ3v) is 5.44. The van der Waals surface area contributed by atoms with Crippen LogP contribution < -0.4 is 4.90 Å². The van der Waals surface area contributed by atoms with E-state index < -0.39 is 0 Å². The van der Waals surface area contributed by atoms with Crippen LogP contribution in [0.4, 0.5) is 5.82 Å². The van der Waals surface area contributed by atoms with Gasteiger partial charge in [0.25, 0.3) is 0 Å². The van der Waals surface area contributed by atoms with Crippen LogP contribution in [-0.4, -0.2) is 47.1 Å². The zero-order valence-electron chi connectivity index (χ0n) is 14.3. The van der Waals surface area contributed by atoms with E-state index in [4.69, 9.17) is 4.98 Å². The first-order valence-corrected chi connectivity index (χ1v) is 8.95. The van der Waals surface area contributed by atoms with Gasteiger partial charge in [-0.2, -0.15) is 0 Å². The lowest BCUT2D eigenvalue weighted by Gasteiger charge is -2.37. The van der Waals surface area contributed by atoms with Crippen LogP contribution in [-0.2, 0) is 0 Å². The van der Waals surface area contributed by atoms with Crippen LogP contribution in [0.15, 0.2) is 18.2 Å². The molecule has 2 aliphatic heterocycles. The molecular weight excluding hydrogens is 284 g/mol. The highest BCUT2D eigenvalue weighted by Crippen LogP contribution is 2.26. The van der Waals surface area contributed by atoms with Crippen molar-refractivity contribution in [1.29, 1.82) is 0 Å². The molecule has 0 atom stereocenters. The summed E-state index contributed by atoms with van der Waals surface area (Å²) in [6.07, 6.45) is 5.30. The maximum atomic E-state index is 4.84. The first-order chi connectivity index (χ1) is 11.2. The first kappa shape index (κ1) is 14.9. The van der Waals surface area contributed by atoms with Gasteiger partial charge in [0.2, 0.25) is 0 Å². The van der Waals surface area contributed by atoms with Crippen molar-refractivity contribution >= 4 is 16.9 Å². The molecule has 0 aliphatic carbocycles. The number of anilines is 1. The number of hydrogen-bond acceptors (Lipinski definition) is 4. The van der Waals surface area contributed by atoms with E-state index in [0.29, 0.717) is 0 Å². The fourth-order valence-corrected chi connectivity index (χ4v) is 4.16. The minimum Gasteiger partial charge on any atom is -0.356 e. The van der Waals surface area contributed by atoms with Crippen LogP contribution in [0.3, 0.4) is 0 Å². The molecule has 2 aliphatic rings. The van der Waals surface area contributed by atoms with Gasteiger partial charge in [0.15, 0.2) is 5.65 Å². The molecule has 0 amide bonds. The molecule has 0 saturated carbocycles. The molecule has 4 rings (SSSR count). The number of fused-ring (bicyclic) bond motifs is 1. The number of aryl methyl sites for hydroxylation is 2. The maximum absolute atomic E-state index is 4.84. The molecule has 2 saturated heterocycles. The Balaban J connectivity index is 1.51. The summed E-state index contributed by atoms with van der Waals surface area (Å²) < 4.78 is 0. The third-order valence-electron chi connectivity index (χ3n) is 5.44. The Morgan fingerprint density at radius 2 is 1.70 bits per heavy atom. The van der Waals surface area contributed by atoms with Gasteiger partial charge in [-0.25, -0.2) is 9.97 Å². The Hall–Kier alpha value is -1.68. The summed E-state index contributed by atoms with van der Waals surface area (Å²) in [6, 6.07) is 7.27. The van der Waals surface area contributed by atoms with E-state index in [-0.39, 0.29) is 0 Å². The van der Waals surface area contributed by atoms with Crippen molar-refractivity contribution in [2.45, 2.75) is 45.6 Å². The SMILES string of the molecule is Cc1cc(C)c2ccc(N3CCC(N4CCCC4)CC3)nc2n1. The molecule has 23 heavy (non-hydrogen) atoms. The molecule has 0 unspecified atom stereocenters. The van der Waals surface area contributed by atoms with Crippen LogP contribution in [0.1, 0.15) is 36.9 Å². The summed E-state index contributed by atoms with van der Waals surface area (Å²) in [5, 5.41) is 1.17. The van der Waals surface area contributed by atoms with Crippen molar-refractivity contribution in [3.8, 4) is 0 Å². The van der Waals surface area contributed by atoms with Crippen molar-refractivity contribution in [2.75, 3.05) is 31.1 Å². The molecule has 4 heterocycles. The van der Waals surface area contributed by atoms with Crippen molar-refractivity contribution in [3.05, 3.63) is 29.5 Å². The Bertz CT molecular complexity index is 698. The summed E-state index contributed by atoms with van der Waals surface area (Å²) in [6.45, 7) is 9.03. The van der Waals surface area contributed by atoms with Crippen LogP contribution in [0, 0.1) is 13.8 Å². The van der Waals surface area contributed by atoms with Gasteiger partial charge in [0.1, 0.15) is 5.82 Å². The second-order valence-corrected chi connectivity index (χ2v) is 7.08. The van der Waals surface area contributed by atoms with Gasteiger partial charge in [0.05, 0.1) is 0 Å². The summed E-state index contributed by atoms with van der Waals surface area (Å²) in [7, 11) is 0. The summed E-state index contributed by atoms with van der Waals surface area (Å²) in [5.41, 5.74) is 3.20. The van der Waals surface area contributed by atoms with Gasteiger partial charge < -0.3 is 9.80 Å². The molecule has 4 heteroatoms. The number of likely N-dealkylation sites (tertiary alicyclic amines) is 1. The Morgan fingerprint density at radius 1 is 0.957 bits per heavy atom. The van der Waals surface area contributed by atoms with Crippen molar-refractivity contribution < 1.29 is 0 Å². The molecule has 0 bridgehead atoms. The van der Waals surface area contributed by atoms with Gasteiger partial charge in [-0.1, -0.05) is 0 Å². The standard InChI is InChI=1S/C19H26N4/c1-14-13-15(2)20-19-17(14)5-6-18(21-19)23-11-7-16(8-12-23)22-9-3-4-10-22/h5-6,13,16H,3-4,7-12H2,1-2H3. The predicted molar refractivity (Wildman–Crippen MR) is 95.1 cm³/mol. The summed E-state index contributed by atoms with van der Waals surface area (Å²) in [5.74, 6) is 1.09. The lowest BCUT2D eigenvalue weighted by Crippen LogP contribution is -2.44. The fraction of sp³-hybridized carbons (Fsp3) is 0.579. The molecule has 0 N–H and O–H groups in total. The van der Waals surface area contributed by atoms with Crippen LogP contribution >= 0.6 is 0 Å². The Labute approximate surface area is 138 Å². The van der Waals surface area contributed by atoms with Crippen LogP contribution in [0.5, 0.6) is 0 Å². The number of aromatic nitrogens is 2. The molecule has 2 aromatic heterocycles. The largest absolute Gasteiger partial charge is 0.356 e. The number of pyridine rings is 2. The van der Waals surface area contributed by atoms with Gasteiger partial charge in [-0.05, 0) is 76.4 Å². The average molecular weight is 310 g/mol. The van der Waals surface area contributed by atoms with Crippen LogP contribution in [0.2, 0.25) is 0 Å². The molecule has 0 radical (unpaired) electrons. The average Bonchev–Trinajstić information content (AvgIpc) is 3.09. The zero-order chi connectivity index (χ0) is 15.8. The summed E-state index contributed by atoms with van der Waals surface area (Å²) >= 11 is 0. The maximum Gasteiger partial charge on any atom is 0.162 e. The van der Waals surface area contributed by atoms with E-state index in [9.17, 15) is 0 Å². The lowest BCUT2D eigenvalue weighted by molar-refractivity contribution is 0.207. The number of piperidine rings is 1. The molecule has 0 aromatic carbocycles. The van der Waals surface area contributed by atoms with Crippen molar-refractivity contribution in [2.24, 2.45) is 0 Å². The van der Waals surface area contributed by atoms with Gasteiger partial charge >= 0.3 is 0 Å². The van der Waals surface area contributed by atoms with Gasteiger partial charge in [-0.3, -0.25) is 0 Å². The molecule has 4 nitrogen and oxygen atoms in total. The molecular formula is C19H26N4. The minimum absolute atomic E-state index is 0.789. The molecule has 122 valence electrons. The number of nitrogens with zero attached hydrogens (tertiary/aromatic N) is 4. The topological polar surface area (TPSA) is 32.3 Å². The lowest BCUT2D eigenvalue weighted by atomic mass is 10.0. The quantitative estimate of drug-likeness (QED) is 0.852. The Morgan fingerprint density at radius 3 is 2.43 bits per heavy atom.